The van der Waals surface area contributed by atoms with Crippen molar-refractivity contribution in [2.45, 2.75) is 25.2 Å². The van der Waals surface area contributed by atoms with E-state index < -0.39 is 0 Å². The number of ether oxygens (including phenoxy) is 1. The van der Waals surface area contributed by atoms with Crippen molar-refractivity contribution in [1.82, 2.24) is 0 Å². The van der Waals surface area contributed by atoms with E-state index >= 15 is 0 Å². The minimum absolute atomic E-state index is 0.123. The Morgan fingerprint density at radius 1 is 1.50 bits per heavy atom. The largest absolute Gasteiger partial charge is 0.469 e. The average molecular weight is 219 g/mol. The molecule has 0 aliphatic carbocycles. The van der Waals surface area contributed by atoms with E-state index in [9.17, 15) is 4.79 Å². The maximum atomic E-state index is 11.4. The zero-order valence-electron chi connectivity index (χ0n) is 9.53. The first-order valence-corrected chi connectivity index (χ1v) is 5.71. The molecule has 1 aliphatic rings. The number of methoxy groups -OCH3 is 1. The molecule has 0 bridgehead atoms. The van der Waals surface area contributed by atoms with Crippen LogP contribution in [0, 0.1) is 0 Å². The van der Waals surface area contributed by atoms with E-state index in [2.05, 4.69) is 17.4 Å². The second-order valence-corrected chi connectivity index (χ2v) is 4.13. The van der Waals surface area contributed by atoms with Crippen molar-refractivity contribution in [3.05, 3.63) is 29.8 Å². The molecule has 1 atom stereocenters. The molecule has 1 N–H and O–H groups in total. The van der Waals surface area contributed by atoms with Gasteiger partial charge in [0, 0.05) is 12.2 Å². The van der Waals surface area contributed by atoms with Crippen LogP contribution in [-0.2, 0) is 9.53 Å². The van der Waals surface area contributed by atoms with Gasteiger partial charge in [0.05, 0.1) is 13.5 Å². The van der Waals surface area contributed by atoms with Crippen LogP contribution in [0.4, 0.5) is 5.69 Å². The molecule has 0 fully saturated rings. The fourth-order valence-corrected chi connectivity index (χ4v) is 2.24. The number of carbonyl (C=O) groups excluding carboxylic acids is 1. The molecule has 0 radical (unpaired) electrons. The summed E-state index contributed by atoms with van der Waals surface area (Å²) in [5.41, 5.74) is 2.40. The number of benzene rings is 1. The lowest BCUT2D eigenvalue weighted by Crippen LogP contribution is -2.08. The summed E-state index contributed by atoms with van der Waals surface area (Å²) in [6, 6.07) is 8.22. The molecule has 0 saturated carbocycles. The highest BCUT2D eigenvalue weighted by atomic mass is 16.5. The lowest BCUT2D eigenvalue weighted by atomic mass is 9.91. The molecule has 2 rings (SSSR count). The Morgan fingerprint density at radius 3 is 3.12 bits per heavy atom. The highest BCUT2D eigenvalue weighted by molar-refractivity contribution is 5.71. The normalized spacial score (nSPS) is 19.2. The number of esters is 1. The number of carbonyl (C=O) groups is 1. The Hall–Kier alpha value is -1.51. The number of rotatable bonds is 2. The molecule has 0 amide bonds. The number of para-hydroxylation sites is 1. The third-order valence-corrected chi connectivity index (χ3v) is 3.09. The van der Waals surface area contributed by atoms with Gasteiger partial charge in [-0.15, -0.1) is 0 Å². The molecule has 3 nitrogen and oxygen atoms in total. The van der Waals surface area contributed by atoms with Crippen LogP contribution in [0.25, 0.3) is 0 Å². The summed E-state index contributed by atoms with van der Waals surface area (Å²) in [4.78, 5) is 11.4. The molecule has 0 unspecified atom stereocenters. The van der Waals surface area contributed by atoms with E-state index in [0.29, 0.717) is 12.3 Å². The van der Waals surface area contributed by atoms with Crippen LogP contribution >= 0.6 is 0 Å². The van der Waals surface area contributed by atoms with Crippen molar-refractivity contribution >= 4 is 11.7 Å². The van der Waals surface area contributed by atoms with Gasteiger partial charge >= 0.3 is 5.97 Å². The number of hydrogen-bond donors (Lipinski definition) is 1. The van der Waals surface area contributed by atoms with Gasteiger partial charge in [-0.25, -0.2) is 0 Å². The Bertz CT molecular complexity index is 376. The molecular weight excluding hydrogens is 202 g/mol. The van der Waals surface area contributed by atoms with Crippen LogP contribution < -0.4 is 5.32 Å². The number of hydrogen-bond acceptors (Lipinski definition) is 3. The number of anilines is 1. The quantitative estimate of drug-likeness (QED) is 0.777. The van der Waals surface area contributed by atoms with Crippen molar-refractivity contribution in [3.8, 4) is 0 Å². The molecule has 0 saturated heterocycles. The molecule has 0 aromatic heterocycles. The van der Waals surface area contributed by atoms with E-state index in [-0.39, 0.29) is 5.97 Å². The Labute approximate surface area is 95.8 Å². The second kappa shape index (κ2) is 5.01. The Morgan fingerprint density at radius 2 is 2.31 bits per heavy atom. The number of fused-ring (bicyclic) bond motifs is 1. The summed E-state index contributed by atoms with van der Waals surface area (Å²) in [5.74, 6) is 0.167. The summed E-state index contributed by atoms with van der Waals surface area (Å²) in [6.45, 7) is 0.981. The first kappa shape index (κ1) is 11.0. The van der Waals surface area contributed by atoms with Gasteiger partial charge in [0.1, 0.15) is 0 Å². The van der Waals surface area contributed by atoms with Crippen LogP contribution in [0.1, 0.15) is 30.7 Å². The van der Waals surface area contributed by atoms with E-state index in [0.717, 1.165) is 25.1 Å². The van der Waals surface area contributed by atoms with Gasteiger partial charge in [-0.3, -0.25) is 4.79 Å². The lowest BCUT2D eigenvalue weighted by molar-refractivity contribution is -0.141. The molecule has 1 aliphatic heterocycles. The fourth-order valence-electron chi connectivity index (χ4n) is 2.24. The van der Waals surface area contributed by atoms with Crippen LogP contribution in [0.5, 0.6) is 0 Å². The Kier molecular flexibility index (Phi) is 3.44. The lowest BCUT2D eigenvalue weighted by Gasteiger charge is -2.15. The van der Waals surface area contributed by atoms with Crippen molar-refractivity contribution in [3.63, 3.8) is 0 Å². The van der Waals surface area contributed by atoms with Crippen LogP contribution in [0.2, 0.25) is 0 Å². The first-order chi connectivity index (χ1) is 7.81. The third-order valence-electron chi connectivity index (χ3n) is 3.09. The van der Waals surface area contributed by atoms with Crippen LogP contribution in [-0.4, -0.2) is 19.6 Å². The first-order valence-electron chi connectivity index (χ1n) is 5.71. The predicted octanol–water partition coefficient (Wildman–Crippen LogP) is 2.54. The third kappa shape index (κ3) is 2.35. The molecule has 86 valence electrons. The minimum Gasteiger partial charge on any atom is -0.469 e. The summed E-state index contributed by atoms with van der Waals surface area (Å²) in [5, 5.41) is 3.39. The summed E-state index contributed by atoms with van der Waals surface area (Å²) >= 11 is 0. The molecule has 3 heteroatoms. The highest BCUT2D eigenvalue weighted by Crippen LogP contribution is 2.33. The predicted molar refractivity (Wildman–Crippen MR) is 63.5 cm³/mol. The van der Waals surface area contributed by atoms with Gasteiger partial charge in [-0.1, -0.05) is 18.2 Å². The topological polar surface area (TPSA) is 38.3 Å². The van der Waals surface area contributed by atoms with Crippen molar-refractivity contribution in [1.29, 1.82) is 0 Å². The van der Waals surface area contributed by atoms with Crippen molar-refractivity contribution in [2.24, 2.45) is 0 Å². The van der Waals surface area contributed by atoms with Crippen molar-refractivity contribution in [2.75, 3.05) is 19.0 Å². The molecule has 16 heavy (non-hydrogen) atoms. The minimum atomic E-state index is -0.123. The summed E-state index contributed by atoms with van der Waals surface area (Å²) in [7, 11) is 1.45. The van der Waals surface area contributed by atoms with E-state index in [1.54, 1.807) is 0 Å². The summed E-state index contributed by atoms with van der Waals surface area (Å²) < 4.78 is 4.75. The second-order valence-electron chi connectivity index (χ2n) is 4.13. The van der Waals surface area contributed by atoms with Gasteiger partial charge in [-0.05, 0) is 30.4 Å². The fraction of sp³-hybridized carbons (Fsp3) is 0.462. The molecule has 1 aromatic carbocycles. The summed E-state index contributed by atoms with van der Waals surface area (Å²) in [6.07, 6.45) is 2.62. The van der Waals surface area contributed by atoms with Crippen molar-refractivity contribution < 1.29 is 9.53 Å². The standard InChI is InChI=1S/C13H17NO2/c1-16-13(15)9-10-5-4-8-14-12-7-3-2-6-11(10)12/h2-3,6-7,10,14H,4-5,8-9H2,1H3/t10-/m0/s1. The highest BCUT2D eigenvalue weighted by Gasteiger charge is 2.20. The SMILES string of the molecule is COC(=O)C[C@@H]1CCCNc2ccccc21. The molecular formula is C13H17NO2. The van der Waals surface area contributed by atoms with Gasteiger partial charge in [0.15, 0.2) is 0 Å². The van der Waals surface area contributed by atoms with Gasteiger partial charge in [-0.2, -0.15) is 0 Å². The maximum absolute atomic E-state index is 11.4. The van der Waals surface area contributed by atoms with Gasteiger partial charge in [0.2, 0.25) is 0 Å². The molecule has 0 spiro atoms. The van der Waals surface area contributed by atoms with Gasteiger partial charge in [0.25, 0.3) is 0 Å². The number of nitrogens with one attached hydrogen (secondary N) is 1. The van der Waals surface area contributed by atoms with Gasteiger partial charge < -0.3 is 10.1 Å². The smallest absolute Gasteiger partial charge is 0.306 e. The maximum Gasteiger partial charge on any atom is 0.306 e. The van der Waals surface area contributed by atoms with Crippen LogP contribution in [0.15, 0.2) is 24.3 Å². The molecule has 1 aromatic rings. The van der Waals surface area contributed by atoms with E-state index in [1.165, 1.54) is 12.7 Å². The average Bonchev–Trinajstić information content (AvgIpc) is 2.52. The zero-order chi connectivity index (χ0) is 11.4. The van der Waals surface area contributed by atoms with Crippen LogP contribution in [0.3, 0.4) is 0 Å². The van der Waals surface area contributed by atoms with E-state index in [1.807, 2.05) is 12.1 Å². The Balaban J connectivity index is 2.22. The molecule has 1 heterocycles. The van der Waals surface area contributed by atoms with E-state index in [4.69, 9.17) is 4.74 Å². The zero-order valence-corrected chi connectivity index (χ0v) is 9.53. The monoisotopic (exact) mass is 219 g/mol.